The second kappa shape index (κ2) is 3.93. The molecule has 0 saturated heterocycles. The Labute approximate surface area is 80.0 Å². The average molecular weight is 232 g/mol. The molecule has 0 bridgehead atoms. The first-order valence-electron chi connectivity index (χ1n) is 3.23. The van der Waals surface area contributed by atoms with E-state index in [1.807, 2.05) is 24.3 Å². The highest BCUT2D eigenvalue weighted by Crippen LogP contribution is 2.18. The Balaban J connectivity index is 2.96. The smallest absolute Gasteiger partial charge is 0.0412 e. The minimum Gasteiger partial charge on any atom is -0.0944 e. The Hall–Kier alpha value is -0.270. The van der Waals surface area contributed by atoms with E-state index in [1.54, 1.807) is 0 Å². The topological polar surface area (TPSA) is 0 Å². The molecule has 58 valence electrons. The fourth-order valence-electron chi connectivity index (χ4n) is 0.786. The van der Waals surface area contributed by atoms with Crippen LogP contribution in [0.4, 0.5) is 0 Å². The van der Waals surface area contributed by atoms with Crippen LogP contribution in [0.25, 0.3) is 5.57 Å². The molecule has 0 aliphatic rings. The second-order valence-electron chi connectivity index (χ2n) is 2.25. The van der Waals surface area contributed by atoms with Gasteiger partial charge >= 0.3 is 0 Å². The van der Waals surface area contributed by atoms with Crippen molar-refractivity contribution in [3.05, 3.63) is 41.4 Å². The molecule has 0 aromatic heterocycles. The first-order chi connectivity index (χ1) is 5.24. The maximum atomic E-state index is 5.79. The van der Waals surface area contributed by atoms with Gasteiger partial charge in [-0.25, -0.2) is 0 Å². The molecule has 1 aromatic rings. The molecule has 2 heteroatoms. The third kappa shape index (κ3) is 2.35. The maximum absolute atomic E-state index is 5.79. The van der Waals surface area contributed by atoms with E-state index in [2.05, 4.69) is 22.5 Å². The highest BCUT2D eigenvalue weighted by molar-refractivity contribution is 9.09. The molecule has 0 amide bonds. The number of halogens is 2. The molecule has 0 aliphatic carbocycles. The van der Waals surface area contributed by atoms with Gasteiger partial charge in [-0.3, -0.25) is 0 Å². The average Bonchev–Trinajstić information content (AvgIpc) is 2.03. The van der Waals surface area contributed by atoms with Crippen molar-refractivity contribution in [1.82, 2.24) is 0 Å². The van der Waals surface area contributed by atoms with Crippen LogP contribution in [0.5, 0.6) is 0 Å². The van der Waals surface area contributed by atoms with Gasteiger partial charge in [-0.15, -0.1) is 0 Å². The van der Waals surface area contributed by atoms with Gasteiger partial charge in [0.2, 0.25) is 0 Å². The van der Waals surface area contributed by atoms with Crippen molar-refractivity contribution in [2.75, 3.05) is 5.33 Å². The number of alkyl halides is 1. The van der Waals surface area contributed by atoms with Crippen molar-refractivity contribution in [2.24, 2.45) is 0 Å². The van der Waals surface area contributed by atoms with Crippen LogP contribution < -0.4 is 0 Å². The molecule has 1 rings (SSSR count). The summed E-state index contributed by atoms with van der Waals surface area (Å²) in [6.45, 7) is 3.88. The lowest BCUT2D eigenvalue weighted by Crippen LogP contribution is -1.81. The Bertz CT molecular complexity index is 268. The van der Waals surface area contributed by atoms with E-state index in [0.29, 0.717) is 0 Å². The van der Waals surface area contributed by atoms with Gasteiger partial charge in [-0.2, -0.15) is 0 Å². The van der Waals surface area contributed by atoms with Crippen LogP contribution in [0.15, 0.2) is 30.8 Å². The molecule has 0 unspecified atom stereocenters. The monoisotopic (exact) mass is 230 g/mol. The van der Waals surface area contributed by atoms with Crippen LogP contribution in [0.1, 0.15) is 5.56 Å². The Kier molecular flexibility index (Phi) is 3.16. The molecule has 0 saturated carbocycles. The molecule has 1 aromatic carbocycles. The summed E-state index contributed by atoms with van der Waals surface area (Å²) in [7, 11) is 0. The summed E-state index contributed by atoms with van der Waals surface area (Å²) >= 11 is 9.12. The fourth-order valence-corrected chi connectivity index (χ4v) is 1.30. The molecule has 0 N–H and O–H groups in total. The van der Waals surface area contributed by atoms with Gasteiger partial charge in [0.25, 0.3) is 0 Å². The zero-order valence-electron chi connectivity index (χ0n) is 5.98. The summed E-state index contributed by atoms with van der Waals surface area (Å²) in [5.41, 5.74) is 2.14. The van der Waals surface area contributed by atoms with E-state index < -0.39 is 0 Å². The van der Waals surface area contributed by atoms with Gasteiger partial charge in [-0.1, -0.05) is 46.2 Å². The van der Waals surface area contributed by atoms with Crippen molar-refractivity contribution in [2.45, 2.75) is 0 Å². The van der Waals surface area contributed by atoms with Crippen LogP contribution in [-0.4, -0.2) is 5.33 Å². The number of allylic oxidation sites excluding steroid dienone is 1. The summed E-state index contributed by atoms with van der Waals surface area (Å²) in [5.74, 6) is 0. The summed E-state index contributed by atoms with van der Waals surface area (Å²) < 4.78 is 0. The molecular weight excluding hydrogens is 223 g/mol. The minimum absolute atomic E-state index is 0.754. The molecule has 0 fully saturated rings. The van der Waals surface area contributed by atoms with Crippen LogP contribution in [0.2, 0.25) is 5.02 Å². The highest BCUT2D eigenvalue weighted by atomic mass is 79.9. The van der Waals surface area contributed by atoms with Crippen molar-refractivity contribution in [3.8, 4) is 0 Å². The first kappa shape index (κ1) is 8.82. The summed E-state index contributed by atoms with van der Waals surface area (Å²) in [5, 5.41) is 1.54. The molecule has 0 radical (unpaired) electrons. The molecule has 0 atom stereocenters. The number of rotatable bonds is 2. The Morgan fingerprint density at radius 1 is 1.55 bits per heavy atom. The van der Waals surface area contributed by atoms with E-state index >= 15 is 0 Å². The standard InChI is InChI=1S/C9H8BrCl/c1-7(6-10)8-3-2-4-9(11)5-8/h2-5H,1,6H2. The summed E-state index contributed by atoms with van der Waals surface area (Å²) in [6, 6.07) is 7.68. The summed E-state index contributed by atoms with van der Waals surface area (Å²) in [6.07, 6.45) is 0. The van der Waals surface area contributed by atoms with Gasteiger partial charge in [-0.05, 0) is 23.3 Å². The van der Waals surface area contributed by atoms with E-state index in [-0.39, 0.29) is 0 Å². The second-order valence-corrected chi connectivity index (χ2v) is 3.24. The third-order valence-corrected chi connectivity index (χ3v) is 2.31. The van der Waals surface area contributed by atoms with E-state index in [0.717, 1.165) is 21.5 Å². The lowest BCUT2D eigenvalue weighted by atomic mass is 10.1. The largest absolute Gasteiger partial charge is 0.0944 e. The van der Waals surface area contributed by atoms with Crippen molar-refractivity contribution in [1.29, 1.82) is 0 Å². The van der Waals surface area contributed by atoms with Gasteiger partial charge in [0.05, 0.1) is 0 Å². The molecule has 0 nitrogen and oxygen atoms in total. The van der Waals surface area contributed by atoms with Gasteiger partial charge < -0.3 is 0 Å². The fraction of sp³-hybridized carbons (Fsp3) is 0.111. The van der Waals surface area contributed by atoms with Crippen LogP contribution >= 0.6 is 27.5 Å². The normalized spacial score (nSPS) is 9.64. The van der Waals surface area contributed by atoms with Crippen LogP contribution in [0, 0.1) is 0 Å². The van der Waals surface area contributed by atoms with Crippen molar-refractivity contribution < 1.29 is 0 Å². The first-order valence-corrected chi connectivity index (χ1v) is 4.73. The molecule has 0 aliphatic heterocycles. The van der Waals surface area contributed by atoms with Gasteiger partial charge in [0, 0.05) is 10.4 Å². The van der Waals surface area contributed by atoms with E-state index in [1.165, 1.54) is 0 Å². The molecule has 11 heavy (non-hydrogen) atoms. The predicted molar refractivity (Wildman–Crippen MR) is 54.3 cm³/mol. The van der Waals surface area contributed by atoms with Gasteiger partial charge in [0.15, 0.2) is 0 Å². The summed E-state index contributed by atoms with van der Waals surface area (Å²) in [4.78, 5) is 0. The Morgan fingerprint density at radius 2 is 2.27 bits per heavy atom. The third-order valence-electron chi connectivity index (χ3n) is 1.39. The highest BCUT2D eigenvalue weighted by Gasteiger charge is 1.96. The SMILES string of the molecule is C=C(CBr)c1cccc(Cl)c1. The number of hydrogen-bond acceptors (Lipinski definition) is 0. The zero-order valence-corrected chi connectivity index (χ0v) is 8.32. The molecule has 0 heterocycles. The van der Waals surface area contributed by atoms with Crippen LogP contribution in [0.3, 0.4) is 0 Å². The molecular formula is C9H8BrCl. The lowest BCUT2D eigenvalue weighted by molar-refractivity contribution is 1.60. The van der Waals surface area contributed by atoms with Crippen molar-refractivity contribution in [3.63, 3.8) is 0 Å². The van der Waals surface area contributed by atoms with Crippen molar-refractivity contribution >= 4 is 33.1 Å². The lowest BCUT2D eigenvalue weighted by Gasteiger charge is -2.00. The minimum atomic E-state index is 0.754. The number of hydrogen-bond donors (Lipinski definition) is 0. The maximum Gasteiger partial charge on any atom is 0.0412 e. The zero-order chi connectivity index (χ0) is 8.27. The predicted octanol–water partition coefficient (Wildman–Crippen LogP) is 3.75. The van der Waals surface area contributed by atoms with E-state index in [4.69, 9.17) is 11.6 Å². The van der Waals surface area contributed by atoms with E-state index in [9.17, 15) is 0 Å². The van der Waals surface area contributed by atoms with Crippen LogP contribution in [-0.2, 0) is 0 Å². The Morgan fingerprint density at radius 3 is 2.82 bits per heavy atom. The number of benzene rings is 1. The quantitative estimate of drug-likeness (QED) is 0.680. The molecule has 0 spiro atoms. The van der Waals surface area contributed by atoms with Gasteiger partial charge in [0.1, 0.15) is 0 Å².